The average molecular weight is 361 g/mol. The van der Waals surface area contributed by atoms with Gasteiger partial charge in [0.1, 0.15) is 0 Å². The smallest absolute Gasteiger partial charge is 0.228 e. The van der Waals surface area contributed by atoms with E-state index in [2.05, 4.69) is 52.5 Å². The van der Waals surface area contributed by atoms with Gasteiger partial charge in [0.05, 0.1) is 5.92 Å². The first-order valence-corrected chi connectivity index (χ1v) is 9.94. The van der Waals surface area contributed by atoms with Gasteiger partial charge in [-0.3, -0.25) is 4.79 Å². The average Bonchev–Trinajstić information content (AvgIpc) is 3.13. The second-order valence-electron chi connectivity index (χ2n) is 7.48. The van der Waals surface area contributed by atoms with Crippen molar-refractivity contribution in [2.45, 2.75) is 26.2 Å². The van der Waals surface area contributed by atoms with Crippen LogP contribution >= 0.6 is 0 Å². The summed E-state index contributed by atoms with van der Waals surface area (Å²) < 4.78 is 0. The Morgan fingerprint density at radius 1 is 1.19 bits per heavy atom. The zero-order chi connectivity index (χ0) is 18.6. The Balaban J connectivity index is 1.48. The van der Waals surface area contributed by atoms with Crippen LogP contribution in [0.1, 0.15) is 26.2 Å². The van der Waals surface area contributed by atoms with Crippen LogP contribution in [0.15, 0.2) is 54.6 Å². The maximum Gasteiger partial charge on any atom is 0.228 e. The number of nitrogens with one attached hydrogen (secondary N) is 2. The van der Waals surface area contributed by atoms with Gasteiger partial charge in [-0.25, -0.2) is 0 Å². The first-order chi connectivity index (χ1) is 13.2. The predicted molar refractivity (Wildman–Crippen MR) is 112 cm³/mol. The van der Waals surface area contributed by atoms with Crippen molar-refractivity contribution in [3.05, 3.63) is 54.6 Å². The van der Waals surface area contributed by atoms with E-state index < -0.39 is 0 Å². The maximum atomic E-state index is 12.8. The summed E-state index contributed by atoms with van der Waals surface area (Å²) in [6, 6.07) is 18.5. The van der Waals surface area contributed by atoms with E-state index in [0.29, 0.717) is 0 Å². The Labute approximate surface area is 160 Å². The largest absolute Gasteiger partial charge is 0.355 e. The van der Waals surface area contributed by atoms with Crippen LogP contribution in [-0.4, -0.2) is 35.4 Å². The zero-order valence-electron chi connectivity index (χ0n) is 15.9. The predicted octanol–water partition coefficient (Wildman–Crippen LogP) is 4.90. The molecule has 1 aliphatic rings. The molecule has 1 saturated heterocycles. The molecule has 1 amide bonds. The molecular formula is C23H27N3O. The highest BCUT2D eigenvalue weighted by Crippen LogP contribution is 2.26. The Kier molecular flexibility index (Phi) is 5.26. The Morgan fingerprint density at radius 3 is 2.93 bits per heavy atom. The summed E-state index contributed by atoms with van der Waals surface area (Å²) in [7, 11) is 0. The Hall–Kier alpha value is -2.59. The number of amides is 1. The molecule has 4 rings (SSSR count). The minimum absolute atomic E-state index is 0.0852. The van der Waals surface area contributed by atoms with Gasteiger partial charge >= 0.3 is 0 Å². The molecule has 1 aromatic heterocycles. The highest BCUT2D eigenvalue weighted by molar-refractivity contribution is 5.94. The van der Waals surface area contributed by atoms with Gasteiger partial charge in [-0.2, -0.15) is 0 Å². The number of hydrogen-bond donors (Lipinski definition) is 2. The molecule has 0 radical (unpaired) electrons. The Morgan fingerprint density at radius 2 is 2.07 bits per heavy atom. The molecule has 3 aromatic rings. The molecule has 2 N–H and O–H groups in total. The molecule has 27 heavy (non-hydrogen) atoms. The maximum absolute atomic E-state index is 12.8. The SMILES string of the molecule is CCCN1CCCC(C(=O)Nc2cccc(-c3cc4ccccc4[nH]3)c2)C1. The standard InChI is InChI=1S/C23H27N3O/c1-2-12-26-13-6-9-19(16-26)23(27)24-20-10-5-8-17(14-20)22-15-18-7-3-4-11-21(18)25-22/h3-5,7-8,10-11,14-15,19,25H,2,6,9,12-13,16H2,1H3,(H,24,27). The fourth-order valence-corrected chi connectivity index (χ4v) is 4.03. The van der Waals surface area contributed by atoms with E-state index in [1.165, 1.54) is 5.39 Å². The van der Waals surface area contributed by atoms with Gasteiger partial charge in [0.25, 0.3) is 0 Å². The van der Waals surface area contributed by atoms with Crippen molar-refractivity contribution >= 4 is 22.5 Å². The molecule has 2 aromatic carbocycles. The fraction of sp³-hybridized carbons (Fsp3) is 0.348. The third-order valence-electron chi connectivity index (χ3n) is 5.39. The van der Waals surface area contributed by atoms with Crippen LogP contribution in [0.25, 0.3) is 22.2 Å². The first kappa shape index (κ1) is 17.8. The second kappa shape index (κ2) is 7.97. The van der Waals surface area contributed by atoms with E-state index >= 15 is 0 Å². The molecule has 4 nitrogen and oxygen atoms in total. The van der Waals surface area contributed by atoms with E-state index in [-0.39, 0.29) is 11.8 Å². The third-order valence-corrected chi connectivity index (χ3v) is 5.39. The number of carbonyl (C=O) groups excluding carboxylic acids is 1. The van der Waals surface area contributed by atoms with E-state index in [0.717, 1.165) is 61.4 Å². The zero-order valence-corrected chi connectivity index (χ0v) is 15.9. The molecular weight excluding hydrogens is 334 g/mol. The molecule has 4 heteroatoms. The number of rotatable bonds is 5. The van der Waals surface area contributed by atoms with Crippen LogP contribution in [0.4, 0.5) is 5.69 Å². The van der Waals surface area contributed by atoms with Gasteiger partial charge in [-0.15, -0.1) is 0 Å². The minimum atomic E-state index is 0.0852. The molecule has 2 heterocycles. The molecule has 140 valence electrons. The fourth-order valence-electron chi connectivity index (χ4n) is 4.03. The number of aromatic amines is 1. The number of nitrogens with zero attached hydrogens (tertiary/aromatic N) is 1. The molecule has 1 fully saturated rings. The summed E-state index contributed by atoms with van der Waals surface area (Å²) >= 11 is 0. The van der Waals surface area contributed by atoms with Crippen molar-refractivity contribution in [2.75, 3.05) is 25.0 Å². The van der Waals surface area contributed by atoms with Gasteiger partial charge in [0, 0.05) is 34.4 Å². The van der Waals surface area contributed by atoms with Gasteiger partial charge in [0.2, 0.25) is 5.91 Å². The van der Waals surface area contributed by atoms with Crippen molar-refractivity contribution in [1.29, 1.82) is 0 Å². The molecule has 0 saturated carbocycles. The molecule has 0 bridgehead atoms. The topological polar surface area (TPSA) is 48.1 Å². The lowest BCUT2D eigenvalue weighted by Crippen LogP contribution is -2.40. The molecule has 0 aliphatic carbocycles. The number of benzene rings is 2. The lowest BCUT2D eigenvalue weighted by Gasteiger charge is -2.31. The highest BCUT2D eigenvalue weighted by atomic mass is 16.1. The summed E-state index contributed by atoms with van der Waals surface area (Å²) in [4.78, 5) is 18.6. The normalized spacial score (nSPS) is 17.9. The van der Waals surface area contributed by atoms with Gasteiger partial charge < -0.3 is 15.2 Å². The van der Waals surface area contributed by atoms with Gasteiger partial charge in [-0.05, 0) is 56.6 Å². The number of piperidine rings is 1. The summed E-state index contributed by atoms with van der Waals surface area (Å²) in [5.41, 5.74) is 4.14. The van der Waals surface area contributed by atoms with Crippen molar-refractivity contribution in [1.82, 2.24) is 9.88 Å². The van der Waals surface area contributed by atoms with Crippen LogP contribution in [-0.2, 0) is 4.79 Å². The van der Waals surface area contributed by atoms with Crippen LogP contribution < -0.4 is 5.32 Å². The van der Waals surface area contributed by atoms with Crippen LogP contribution in [0, 0.1) is 5.92 Å². The summed E-state index contributed by atoms with van der Waals surface area (Å²) in [5.74, 6) is 0.228. The van der Waals surface area contributed by atoms with Gasteiger partial charge in [-0.1, -0.05) is 37.3 Å². The number of para-hydroxylation sites is 1. The number of carbonyl (C=O) groups is 1. The number of fused-ring (bicyclic) bond motifs is 1. The number of likely N-dealkylation sites (tertiary alicyclic amines) is 1. The lowest BCUT2D eigenvalue weighted by molar-refractivity contribution is -0.121. The van der Waals surface area contributed by atoms with Crippen molar-refractivity contribution in [3.8, 4) is 11.3 Å². The molecule has 1 aliphatic heterocycles. The number of anilines is 1. The summed E-state index contributed by atoms with van der Waals surface area (Å²) in [6.45, 7) is 5.27. The summed E-state index contributed by atoms with van der Waals surface area (Å²) in [5, 5.41) is 4.33. The molecule has 1 unspecified atom stereocenters. The number of aromatic nitrogens is 1. The number of hydrogen-bond acceptors (Lipinski definition) is 2. The van der Waals surface area contributed by atoms with E-state index in [9.17, 15) is 4.79 Å². The quantitative estimate of drug-likeness (QED) is 0.679. The molecule has 1 atom stereocenters. The van der Waals surface area contributed by atoms with Crippen molar-refractivity contribution in [3.63, 3.8) is 0 Å². The van der Waals surface area contributed by atoms with E-state index in [1.807, 2.05) is 24.3 Å². The summed E-state index contributed by atoms with van der Waals surface area (Å²) in [6.07, 6.45) is 3.22. The van der Waals surface area contributed by atoms with Crippen molar-refractivity contribution in [2.24, 2.45) is 5.92 Å². The van der Waals surface area contributed by atoms with E-state index in [1.54, 1.807) is 0 Å². The van der Waals surface area contributed by atoms with E-state index in [4.69, 9.17) is 0 Å². The minimum Gasteiger partial charge on any atom is -0.355 e. The Bertz CT molecular complexity index is 895. The van der Waals surface area contributed by atoms with Crippen LogP contribution in [0.5, 0.6) is 0 Å². The van der Waals surface area contributed by atoms with Crippen molar-refractivity contribution < 1.29 is 4.79 Å². The third kappa shape index (κ3) is 4.06. The lowest BCUT2D eigenvalue weighted by atomic mass is 9.97. The van der Waals surface area contributed by atoms with Crippen LogP contribution in [0.2, 0.25) is 0 Å². The highest BCUT2D eigenvalue weighted by Gasteiger charge is 2.25. The number of H-pyrrole nitrogens is 1. The van der Waals surface area contributed by atoms with Gasteiger partial charge in [0.15, 0.2) is 0 Å². The monoisotopic (exact) mass is 361 g/mol. The van der Waals surface area contributed by atoms with Crippen LogP contribution in [0.3, 0.4) is 0 Å². The molecule has 0 spiro atoms. The first-order valence-electron chi connectivity index (χ1n) is 9.94. The second-order valence-corrected chi connectivity index (χ2v) is 7.48.